The molecule has 1 rings (SSSR count). The summed E-state index contributed by atoms with van der Waals surface area (Å²) in [7, 11) is 1.62. The van der Waals surface area contributed by atoms with Gasteiger partial charge in [0.15, 0.2) is 0 Å². The highest BCUT2D eigenvalue weighted by Crippen LogP contribution is 2.29. The fourth-order valence-electron chi connectivity index (χ4n) is 0.904. The first-order valence-electron chi connectivity index (χ1n) is 3.74. The third-order valence-corrected chi connectivity index (χ3v) is 2.61. The molecule has 0 spiro atoms. The fraction of sp³-hybridized carbons (Fsp3) is 0.333. The Morgan fingerprint density at radius 3 is 2.75 bits per heavy atom. The van der Waals surface area contributed by atoms with Crippen molar-refractivity contribution >= 4 is 23.4 Å². The van der Waals surface area contributed by atoms with Gasteiger partial charge in [0.2, 0.25) is 0 Å². The summed E-state index contributed by atoms with van der Waals surface area (Å²) in [6.07, 6.45) is 0. The molecule has 0 N–H and O–H groups in total. The molecule has 0 fully saturated rings. The first-order valence-corrected chi connectivity index (χ1v) is 5.10. The Morgan fingerprint density at radius 2 is 2.25 bits per heavy atom. The smallest absolute Gasteiger partial charge is 0.137 e. The van der Waals surface area contributed by atoms with Crippen LogP contribution >= 0.6 is 23.4 Å². The zero-order valence-corrected chi connectivity index (χ0v) is 8.71. The van der Waals surface area contributed by atoms with E-state index in [0.29, 0.717) is 5.02 Å². The molecule has 12 heavy (non-hydrogen) atoms. The minimum atomic E-state index is 0.677. The summed E-state index contributed by atoms with van der Waals surface area (Å²) < 4.78 is 5.04. The molecular weight excluding hydrogens is 192 g/mol. The minimum Gasteiger partial charge on any atom is -0.495 e. The Balaban J connectivity index is 2.86. The molecule has 0 bridgehead atoms. The summed E-state index contributed by atoms with van der Waals surface area (Å²) in [6.45, 7) is 2.11. The van der Waals surface area contributed by atoms with Gasteiger partial charge in [-0.1, -0.05) is 18.5 Å². The van der Waals surface area contributed by atoms with Crippen LogP contribution in [0.5, 0.6) is 5.75 Å². The van der Waals surface area contributed by atoms with E-state index in [-0.39, 0.29) is 0 Å². The van der Waals surface area contributed by atoms with Crippen molar-refractivity contribution in [2.75, 3.05) is 12.9 Å². The van der Waals surface area contributed by atoms with Crippen molar-refractivity contribution < 1.29 is 4.74 Å². The lowest BCUT2D eigenvalue weighted by molar-refractivity contribution is 0.414. The molecule has 0 aliphatic carbocycles. The summed E-state index contributed by atoms with van der Waals surface area (Å²) in [5, 5.41) is 0.677. The van der Waals surface area contributed by atoms with E-state index >= 15 is 0 Å². The number of ether oxygens (including phenoxy) is 1. The largest absolute Gasteiger partial charge is 0.495 e. The van der Waals surface area contributed by atoms with E-state index in [9.17, 15) is 0 Å². The molecule has 0 aliphatic heterocycles. The molecule has 0 amide bonds. The minimum absolute atomic E-state index is 0.677. The van der Waals surface area contributed by atoms with Gasteiger partial charge in [0.1, 0.15) is 5.75 Å². The van der Waals surface area contributed by atoms with Gasteiger partial charge in [-0.15, -0.1) is 11.8 Å². The zero-order valence-electron chi connectivity index (χ0n) is 7.13. The Kier molecular flexibility index (Phi) is 3.76. The highest BCUT2D eigenvalue weighted by Gasteiger charge is 2.00. The van der Waals surface area contributed by atoms with Gasteiger partial charge in [0.05, 0.1) is 12.1 Å². The van der Waals surface area contributed by atoms with Crippen molar-refractivity contribution in [1.82, 2.24) is 0 Å². The number of thioether (sulfide) groups is 1. The van der Waals surface area contributed by atoms with Crippen LogP contribution in [0.1, 0.15) is 6.92 Å². The molecule has 1 nitrogen and oxygen atoms in total. The molecular formula is C9H11ClOS. The lowest BCUT2D eigenvalue weighted by Gasteiger charge is -2.04. The van der Waals surface area contributed by atoms with E-state index in [0.717, 1.165) is 11.5 Å². The predicted octanol–water partition coefficient (Wildman–Crippen LogP) is 3.46. The van der Waals surface area contributed by atoms with Crippen LogP contribution in [0.3, 0.4) is 0 Å². The van der Waals surface area contributed by atoms with Crippen LogP contribution < -0.4 is 4.74 Å². The van der Waals surface area contributed by atoms with Crippen molar-refractivity contribution in [3.05, 3.63) is 23.2 Å². The highest BCUT2D eigenvalue weighted by atomic mass is 35.5. The van der Waals surface area contributed by atoms with Crippen LogP contribution in [-0.4, -0.2) is 12.9 Å². The van der Waals surface area contributed by atoms with Gasteiger partial charge in [0.25, 0.3) is 0 Å². The summed E-state index contributed by atoms with van der Waals surface area (Å²) in [5.41, 5.74) is 0. The number of methoxy groups -OCH3 is 1. The third-order valence-electron chi connectivity index (χ3n) is 1.43. The van der Waals surface area contributed by atoms with Crippen LogP contribution in [0.4, 0.5) is 0 Å². The normalized spacial score (nSPS) is 9.92. The van der Waals surface area contributed by atoms with E-state index in [1.807, 2.05) is 18.2 Å². The molecule has 0 heterocycles. The predicted molar refractivity (Wildman–Crippen MR) is 54.4 cm³/mol. The molecule has 0 atom stereocenters. The Morgan fingerprint density at radius 1 is 1.50 bits per heavy atom. The van der Waals surface area contributed by atoms with E-state index in [4.69, 9.17) is 16.3 Å². The maximum atomic E-state index is 5.93. The summed E-state index contributed by atoms with van der Waals surface area (Å²) in [5.74, 6) is 1.79. The molecule has 0 unspecified atom stereocenters. The van der Waals surface area contributed by atoms with Crippen molar-refractivity contribution in [3.8, 4) is 5.75 Å². The maximum Gasteiger partial charge on any atom is 0.137 e. The lowest BCUT2D eigenvalue weighted by Crippen LogP contribution is -1.83. The first-order chi connectivity index (χ1) is 5.77. The molecule has 66 valence electrons. The van der Waals surface area contributed by atoms with E-state index in [1.54, 1.807) is 18.9 Å². The Bertz CT molecular complexity index is 263. The van der Waals surface area contributed by atoms with Crippen LogP contribution in [0, 0.1) is 0 Å². The molecule has 3 heteroatoms. The quantitative estimate of drug-likeness (QED) is 0.695. The van der Waals surface area contributed by atoms with Gasteiger partial charge in [-0.3, -0.25) is 0 Å². The van der Waals surface area contributed by atoms with Crippen LogP contribution in [-0.2, 0) is 0 Å². The first kappa shape index (κ1) is 9.75. The standard InChI is InChI=1S/C9H11ClOS/c1-3-12-7-4-5-9(11-2)8(10)6-7/h4-6H,3H2,1-2H3. The number of halogens is 1. The average molecular weight is 203 g/mol. The van der Waals surface area contributed by atoms with Gasteiger partial charge >= 0.3 is 0 Å². The molecule has 0 aromatic heterocycles. The van der Waals surface area contributed by atoms with Gasteiger partial charge in [-0.25, -0.2) is 0 Å². The number of benzene rings is 1. The van der Waals surface area contributed by atoms with Crippen LogP contribution in [0.25, 0.3) is 0 Å². The number of hydrogen-bond donors (Lipinski definition) is 0. The van der Waals surface area contributed by atoms with Crippen LogP contribution in [0.15, 0.2) is 23.1 Å². The second-order valence-corrected chi connectivity index (χ2v) is 3.97. The zero-order chi connectivity index (χ0) is 8.97. The van der Waals surface area contributed by atoms with E-state index in [1.165, 1.54) is 4.90 Å². The average Bonchev–Trinajstić information content (AvgIpc) is 2.05. The van der Waals surface area contributed by atoms with E-state index in [2.05, 4.69) is 6.92 Å². The SMILES string of the molecule is CCSc1ccc(OC)c(Cl)c1. The third kappa shape index (κ3) is 2.32. The number of hydrogen-bond acceptors (Lipinski definition) is 2. The van der Waals surface area contributed by atoms with Crippen LogP contribution in [0.2, 0.25) is 5.02 Å². The monoisotopic (exact) mass is 202 g/mol. The van der Waals surface area contributed by atoms with E-state index < -0.39 is 0 Å². The summed E-state index contributed by atoms with van der Waals surface area (Å²) in [6, 6.07) is 5.83. The topological polar surface area (TPSA) is 9.23 Å². The fourth-order valence-corrected chi connectivity index (χ4v) is 1.92. The van der Waals surface area contributed by atoms with Crippen molar-refractivity contribution in [2.24, 2.45) is 0 Å². The molecule has 0 aliphatic rings. The van der Waals surface area contributed by atoms with Crippen molar-refractivity contribution in [2.45, 2.75) is 11.8 Å². The molecule has 1 aromatic carbocycles. The summed E-state index contributed by atoms with van der Waals surface area (Å²) >= 11 is 7.70. The molecule has 0 saturated carbocycles. The molecule has 1 aromatic rings. The van der Waals surface area contributed by atoms with Gasteiger partial charge in [-0.2, -0.15) is 0 Å². The lowest BCUT2D eigenvalue weighted by atomic mass is 10.3. The van der Waals surface area contributed by atoms with Crippen molar-refractivity contribution in [1.29, 1.82) is 0 Å². The second-order valence-electron chi connectivity index (χ2n) is 2.23. The Hall–Kier alpha value is -0.340. The number of rotatable bonds is 3. The summed E-state index contributed by atoms with van der Waals surface area (Å²) in [4.78, 5) is 1.18. The highest BCUT2D eigenvalue weighted by molar-refractivity contribution is 7.99. The second kappa shape index (κ2) is 4.63. The van der Waals surface area contributed by atoms with Gasteiger partial charge < -0.3 is 4.74 Å². The maximum absolute atomic E-state index is 5.93. The van der Waals surface area contributed by atoms with Crippen molar-refractivity contribution in [3.63, 3.8) is 0 Å². The van der Waals surface area contributed by atoms with Gasteiger partial charge in [0, 0.05) is 4.90 Å². The van der Waals surface area contributed by atoms with Gasteiger partial charge in [-0.05, 0) is 24.0 Å². The Labute approximate surface area is 82.1 Å². The molecule has 0 radical (unpaired) electrons. The molecule has 0 saturated heterocycles.